The standard InChI is InChI=1S/C19H19NO3/c1-3-14-23-18(22)20-17(21)19(2,15-10-6-4-7-11-15)16-12-8-5-9-13-16/h3-13H,1,14H2,2H3,(H,20,21,22). The second kappa shape index (κ2) is 7.40. The van der Waals surface area contributed by atoms with Crippen molar-refractivity contribution >= 4 is 12.0 Å². The van der Waals surface area contributed by atoms with Gasteiger partial charge in [0.05, 0.1) is 5.41 Å². The molecule has 0 atom stereocenters. The van der Waals surface area contributed by atoms with Gasteiger partial charge in [-0.05, 0) is 18.1 Å². The number of ether oxygens (including phenoxy) is 1. The smallest absolute Gasteiger partial charge is 0.414 e. The van der Waals surface area contributed by atoms with Crippen molar-refractivity contribution in [2.45, 2.75) is 12.3 Å². The molecule has 0 aliphatic carbocycles. The topological polar surface area (TPSA) is 55.4 Å². The zero-order valence-electron chi connectivity index (χ0n) is 13.0. The number of alkyl carbamates (subject to hydrolysis) is 1. The van der Waals surface area contributed by atoms with Gasteiger partial charge in [0.15, 0.2) is 0 Å². The largest absolute Gasteiger partial charge is 0.445 e. The summed E-state index contributed by atoms with van der Waals surface area (Å²) in [6.45, 7) is 5.30. The number of hydrogen-bond acceptors (Lipinski definition) is 3. The first-order valence-electron chi connectivity index (χ1n) is 7.29. The predicted octanol–water partition coefficient (Wildman–Crippen LogP) is 3.43. The molecule has 0 bridgehead atoms. The number of carbonyl (C=O) groups excluding carboxylic acids is 2. The molecule has 1 N–H and O–H groups in total. The van der Waals surface area contributed by atoms with Crippen LogP contribution in [0.4, 0.5) is 4.79 Å². The van der Waals surface area contributed by atoms with Crippen LogP contribution in [0, 0.1) is 0 Å². The molecule has 2 amide bonds. The van der Waals surface area contributed by atoms with Crippen molar-refractivity contribution in [3.05, 3.63) is 84.4 Å². The van der Waals surface area contributed by atoms with Gasteiger partial charge in [0.25, 0.3) is 0 Å². The number of carbonyl (C=O) groups is 2. The molecule has 2 aromatic carbocycles. The first kappa shape index (κ1) is 16.5. The van der Waals surface area contributed by atoms with Crippen LogP contribution in [0.2, 0.25) is 0 Å². The van der Waals surface area contributed by atoms with E-state index in [-0.39, 0.29) is 6.61 Å². The van der Waals surface area contributed by atoms with E-state index in [4.69, 9.17) is 4.74 Å². The minimum atomic E-state index is -1.00. The summed E-state index contributed by atoms with van der Waals surface area (Å²) in [6.07, 6.45) is 0.658. The first-order valence-corrected chi connectivity index (χ1v) is 7.29. The summed E-state index contributed by atoms with van der Waals surface area (Å²) in [5, 5.41) is 2.30. The molecule has 0 saturated heterocycles. The fraction of sp³-hybridized carbons (Fsp3) is 0.158. The van der Waals surface area contributed by atoms with E-state index >= 15 is 0 Å². The highest BCUT2D eigenvalue weighted by molar-refractivity contribution is 6.00. The van der Waals surface area contributed by atoms with Crippen LogP contribution in [-0.4, -0.2) is 18.6 Å². The van der Waals surface area contributed by atoms with E-state index in [2.05, 4.69) is 11.9 Å². The Morgan fingerprint density at radius 3 is 1.96 bits per heavy atom. The molecule has 0 heterocycles. The van der Waals surface area contributed by atoms with Crippen molar-refractivity contribution < 1.29 is 14.3 Å². The highest BCUT2D eigenvalue weighted by atomic mass is 16.5. The van der Waals surface area contributed by atoms with Crippen molar-refractivity contribution in [1.82, 2.24) is 5.32 Å². The molecule has 2 aromatic rings. The molecule has 2 rings (SSSR count). The summed E-state index contributed by atoms with van der Waals surface area (Å²) in [5.74, 6) is -0.441. The summed E-state index contributed by atoms with van der Waals surface area (Å²) in [5.41, 5.74) is 0.579. The van der Waals surface area contributed by atoms with E-state index in [0.717, 1.165) is 11.1 Å². The lowest BCUT2D eigenvalue weighted by Crippen LogP contribution is -2.45. The van der Waals surface area contributed by atoms with Gasteiger partial charge in [0.2, 0.25) is 5.91 Å². The average Bonchev–Trinajstić information content (AvgIpc) is 2.60. The highest BCUT2D eigenvalue weighted by Gasteiger charge is 2.38. The Balaban J connectivity index is 2.37. The van der Waals surface area contributed by atoms with Gasteiger partial charge >= 0.3 is 6.09 Å². The fourth-order valence-corrected chi connectivity index (χ4v) is 2.36. The normalized spacial score (nSPS) is 10.7. The maximum atomic E-state index is 12.8. The highest BCUT2D eigenvalue weighted by Crippen LogP contribution is 2.32. The zero-order valence-corrected chi connectivity index (χ0v) is 13.0. The van der Waals surface area contributed by atoms with Crippen LogP contribution in [0.1, 0.15) is 18.1 Å². The fourth-order valence-electron chi connectivity index (χ4n) is 2.36. The van der Waals surface area contributed by atoms with Gasteiger partial charge < -0.3 is 4.74 Å². The molecule has 4 nitrogen and oxygen atoms in total. The summed E-state index contributed by atoms with van der Waals surface area (Å²) < 4.78 is 4.84. The Morgan fingerprint density at radius 2 is 1.52 bits per heavy atom. The van der Waals surface area contributed by atoms with E-state index in [1.807, 2.05) is 60.7 Å². The number of rotatable bonds is 5. The lowest BCUT2D eigenvalue weighted by molar-refractivity contribution is -0.124. The third-order valence-corrected chi connectivity index (χ3v) is 3.70. The van der Waals surface area contributed by atoms with Crippen LogP contribution in [0.5, 0.6) is 0 Å². The van der Waals surface area contributed by atoms with Gasteiger partial charge in [0, 0.05) is 0 Å². The van der Waals surface area contributed by atoms with Crippen molar-refractivity contribution in [2.75, 3.05) is 6.61 Å². The zero-order chi connectivity index (χ0) is 16.7. The maximum Gasteiger partial charge on any atom is 0.414 e. The number of amides is 2. The van der Waals surface area contributed by atoms with Crippen LogP contribution in [0.3, 0.4) is 0 Å². The number of imide groups is 1. The molecule has 0 spiro atoms. The molecule has 0 radical (unpaired) electrons. The van der Waals surface area contributed by atoms with E-state index in [0.29, 0.717) is 0 Å². The summed E-state index contributed by atoms with van der Waals surface area (Å²) in [7, 11) is 0. The molecule has 118 valence electrons. The molecular weight excluding hydrogens is 290 g/mol. The molecule has 0 unspecified atom stereocenters. The predicted molar refractivity (Wildman–Crippen MR) is 89.0 cm³/mol. The molecule has 0 aliphatic rings. The van der Waals surface area contributed by atoms with Gasteiger partial charge in [-0.2, -0.15) is 0 Å². The van der Waals surface area contributed by atoms with Crippen LogP contribution < -0.4 is 5.32 Å². The van der Waals surface area contributed by atoms with Crippen molar-refractivity contribution in [1.29, 1.82) is 0 Å². The lowest BCUT2D eigenvalue weighted by atomic mass is 9.75. The summed E-state index contributed by atoms with van der Waals surface area (Å²) in [6, 6.07) is 18.7. The van der Waals surface area contributed by atoms with Crippen molar-refractivity contribution in [2.24, 2.45) is 0 Å². The van der Waals surface area contributed by atoms with Crippen LogP contribution in [0.15, 0.2) is 73.3 Å². The molecular formula is C19H19NO3. The molecule has 0 fully saturated rings. The molecule has 4 heteroatoms. The minimum absolute atomic E-state index is 0.0481. The Hall–Kier alpha value is -2.88. The number of nitrogens with one attached hydrogen (secondary N) is 1. The SMILES string of the molecule is C=CCOC(=O)NC(=O)C(C)(c1ccccc1)c1ccccc1. The van der Waals surface area contributed by atoms with Gasteiger partial charge in [-0.3, -0.25) is 10.1 Å². The Bertz CT molecular complexity index is 641. The summed E-state index contributed by atoms with van der Waals surface area (Å²) in [4.78, 5) is 24.5. The number of benzene rings is 2. The van der Waals surface area contributed by atoms with E-state index in [9.17, 15) is 9.59 Å². The Kier molecular flexibility index (Phi) is 5.31. The number of hydrogen-bond donors (Lipinski definition) is 1. The van der Waals surface area contributed by atoms with Gasteiger partial charge in [-0.1, -0.05) is 73.3 Å². The van der Waals surface area contributed by atoms with E-state index < -0.39 is 17.4 Å². The van der Waals surface area contributed by atoms with Crippen LogP contribution >= 0.6 is 0 Å². The third-order valence-electron chi connectivity index (χ3n) is 3.70. The Labute approximate surface area is 135 Å². The van der Waals surface area contributed by atoms with Gasteiger partial charge in [-0.25, -0.2) is 4.79 Å². The minimum Gasteiger partial charge on any atom is -0.445 e. The molecule has 0 aliphatic heterocycles. The maximum absolute atomic E-state index is 12.8. The third kappa shape index (κ3) is 3.66. The van der Waals surface area contributed by atoms with Crippen molar-refractivity contribution in [3.8, 4) is 0 Å². The van der Waals surface area contributed by atoms with Gasteiger partial charge in [-0.15, -0.1) is 0 Å². The van der Waals surface area contributed by atoms with E-state index in [1.165, 1.54) is 6.08 Å². The second-order valence-corrected chi connectivity index (χ2v) is 5.20. The lowest BCUT2D eigenvalue weighted by Gasteiger charge is -2.29. The second-order valence-electron chi connectivity index (χ2n) is 5.20. The Morgan fingerprint density at radius 1 is 1.04 bits per heavy atom. The molecule has 23 heavy (non-hydrogen) atoms. The monoisotopic (exact) mass is 309 g/mol. The van der Waals surface area contributed by atoms with Crippen LogP contribution in [0.25, 0.3) is 0 Å². The first-order chi connectivity index (χ1) is 11.1. The summed E-state index contributed by atoms with van der Waals surface area (Å²) >= 11 is 0. The van der Waals surface area contributed by atoms with Crippen molar-refractivity contribution in [3.63, 3.8) is 0 Å². The quantitative estimate of drug-likeness (QED) is 0.861. The molecule has 0 saturated carbocycles. The average molecular weight is 309 g/mol. The van der Waals surface area contributed by atoms with E-state index in [1.54, 1.807) is 6.92 Å². The van der Waals surface area contributed by atoms with Crippen LogP contribution in [-0.2, 0) is 14.9 Å². The van der Waals surface area contributed by atoms with Gasteiger partial charge in [0.1, 0.15) is 6.61 Å². The molecule has 0 aromatic heterocycles.